The van der Waals surface area contributed by atoms with E-state index in [2.05, 4.69) is 14.8 Å². The molecular formula is C12H16N4O4S. The highest BCUT2D eigenvalue weighted by Crippen LogP contribution is 2.24. The maximum atomic E-state index is 12.5. The third-order valence-electron chi connectivity index (χ3n) is 3.12. The fourth-order valence-electron chi connectivity index (χ4n) is 2.18. The summed E-state index contributed by atoms with van der Waals surface area (Å²) in [5.41, 5.74) is 1.18. The number of anilines is 1. The van der Waals surface area contributed by atoms with Crippen LogP contribution in [-0.2, 0) is 17.1 Å². The smallest absolute Gasteiger partial charge is 0.354 e. The van der Waals surface area contributed by atoms with Crippen molar-refractivity contribution in [3.63, 3.8) is 0 Å². The number of aromatic amines is 1. The molecule has 0 amide bonds. The Hall–Kier alpha value is -2.29. The second-order valence-corrected chi connectivity index (χ2v) is 6.39. The zero-order valence-electron chi connectivity index (χ0n) is 12.1. The summed E-state index contributed by atoms with van der Waals surface area (Å²) in [6, 6.07) is 1.43. The van der Waals surface area contributed by atoms with E-state index in [1.54, 1.807) is 27.8 Å². The second kappa shape index (κ2) is 4.92. The SMILES string of the molecule is Cc1cc(NS(=O)(=O)c2c(C)nn(C)c2C)c(C(=O)O)[nH]1. The third kappa shape index (κ3) is 2.64. The number of aromatic nitrogens is 3. The first-order valence-electron chi connectivity index (χ1n) is 6.09. The number of carboxylic acid groups (broad SMARTS) is 1. The molecule has 0 aliphatic heterocycles. The summed E-state index contributed by atoms with van der Waals surface area (Å²) in [7, 11) is -2.27. The van der Waals surface area contributed by atoms with E-state index in [1.807, 2.05) is 0 Å². The van der Waals surface area contributed by atoms with Crippen LogP contribution in [0.15, 0.2) is 11.0 Å². The van der Waals surface area contributed by atoms with Crippen molar-refractivity contribution in [3.8, 4) is 0 Å². The van der Waals surface area contributed by atoms with Crippen molar-refractivity contribution < 1.29 is 18.3 Å². The van der Waals surface area contributed by atoms with E-state index in [0.29, 0.717) is 17.1 Å². The van der Waals surface area contributed by atoms with E-state index >= 15 is 0 Å². The molecule has 9 heteroatoms. The number of carbonyl (C=O) groups is 1. The van der Waals surface area contributed by atoms with E-state index < -0.39 is 16.0 Å². The molecule has 114 valence electrons. The predicted molar refractivity (Wildman–Crippen MR) is 76.0 cm³/mol. The lowest BCUT2D eigenvalue weighted by Gasteiger charge is -2.07. The van der Waals surface area contributed by atoms with Crippen LogP contribution < -0.4 is 4.72 Å². The van der Waals surface area contributed by atoms with Gasteiger partial charge in [-0.3, -0.25) is 9.40 Å². The molecule has 3 N–H and O–H groups in total. The molecule has 21 heavy (non-hydrogen) atoms. The van der Waals surface area contributed by atoms with Gasteiger partial charge in [0.15, 0.2) is 0 Å². The Balaban J connectivity index is 2.50. The Bertz CT molecular complexity index is 817. The van der Waals surface area contributed by atoms with Gasteiger partial charge in [0.25, 0.3) is 10.0 Å². The lowest BCUT2D eigenvalue weighted by Crippen LogP contribution is -2.16. The fraction of sp³-hybridized carbons (Fsp3) is 0.333. The summed E-state index contributed by atoms with van der Waals surface area (Å²) in [5, 5.41) is 13.1. The van der Waals surface area contributed by atoms with Crippen LogP contribution in [0.25, 0.3) is 0 Å². The highest BCUT2D eigenvalue weighted by Gasteiger charge is 2.26. The van der Waals surface area contributed by atoms with Gasteiger partial charge in [-0.15, -0.1) is 0 Å². The fourth-order valence-corrected chi connectivity index (χ4v) is 3.68. The average Bonchev–Trinajstić information content (AvgIpc) is 2.80. The van der Waals surface area contributed by atoms with Gasteiger partial charge in [-0.05, 0) is 26.8 Å². The highest BCUT2D eigenvalue weighted by molar-refractivity contribution is 7.92. The Labute approximate surface area is 121 Å². The number of sulfonamides is 1. The molecule has 0 aromatic carbocycles. The van der Waals surface area contributed by atoms with Gasteiger partial charge in [-0.1, -0.05) is 0 Å². The number of nitrogens with zero attached hydrogens (tertiary/aromatic N) is 2. The normalized spacial score (nSPS) is 11.6. The Morgan fingerprint density at radius 2 is 2.00 bits per heavy atom. The molecule has 2 heterocycles. The topological polar surface area (TPSA) is 117 Å². The number of carboxylic acids is 1. The van der Waals surface area contributed by atoms with Crippen molar-refractivity contribution in [3.05, 3.63) is 28.8 Å². The van der Waals surface area contributed by atoms with Crippen LogP contribution in [0.2, 0.25) is 0 Å². The van der Waals surface area contributed by atoms with Crippen LogP contribution in [0.1, 0.15) is 27.6 Å². The van der Waals surface area contributed by atoms with Crippen LogP contribution in [0.5, 0.6) is 0 Å². The van der Waals surface area contributed by atoms with Crippen molar-refractivity contribution in [1.29, 1.82) is 0 Å². The quantitative estimate of drug-likeness (QED) is 0.783. The number of aromatic carboxylic acids is 1. The number of aryl methyl sites for hydroxylation is 3. The summed E-state index contributed by atoms with van der Waals surface area (Å²) >= 11 is 0. The Morgan fingerprint density at radius 1 is 1.38 bits per heavy atom. The molecule has 8 nitrogen and oxygen atoms in total. The molecular weight excluding hydrogens is 296 g/mol. The van der Waals surface area contributed by atoms with Gasteiger partial charge in [0.2, 0.25) is 0 Å². The molecule has 0 aliphatic carbocycles. The minimum Gasteiger partial charge on any atom is -0.477 e. The van der Waals surface area contributed by atoms with Gasteiger partial charge in [0.05, 0.1) is 17.1 Å². The lowest BCUT2D eigenvalue weighted by atomic mass is 10.4. The van der Waals surface area contributed by atoms with Gasteiger partial charge >= 0.3 is 5.97 Å². The summed E-state index contributed by atoms with van der Waals surface area (Å²) in [5.74, 6) is -1.24. The molecule has 2 rings (SSSR count). The van der Waals surface area contributed by atoms with Gasteiger partial charge in [0.1, 0.15) is 10.6 Å². The molecule has 0 bridgehead atoms. The van der Waals surface area contributed by atoms with Gasteiger partial charge < -0.3 is 10.1 Å². The van der Waals surface area contributed by atoms with Crippen LogP contribution >= 0.6 is 0 Å². The maximum Gasteiger partial charge on any atom is 0.354 e. The van der Waals surface area contributed by atoms with E-state index in [-0.39, 0.29) is 16.3 Å². The summed E-state index contributed by atoms with van der Waals surface area (Å²) in [6.07, 6.45) is 0. The molecule has 2 aromatic heterocycles. The zero-order valence-corrected chi connectivity index (χ0v) is 12.9. The molecule has 0 aliphatic rings. The molecule has 0 saturated heterocycles. The zero-order chi connectivity index (χ0) is 15.9. The van der Waals surface area contributed by atoms with Crippen molar-refractivity contribution in [1.82, 2.24) is 14.8 Å². The Kier molecular flexibility index (Phi) is 3.54. The van der Waals surface area contributed by atoms with Crippen LogP contribution in [0.4, 0.5) is 5.69 Å². The number of hydrogen-bond acceptors (Lipinski definition) is 4. The van der Waals surface area contributed by atoms with Crippen molar-refractivity contribution in [2.75, 3.05) is 4.72 Å². The molecule has 0 spiro atoms. The lowest BCUT2D eigenvalue weighted by molar-refractivity contribution is 0.0692. The standard InChI is InChI=1S/C12H16N4O4S/c1-6-5-9(10(13-6)12(17)18)15-21(19,20)11-7(2)14-16(4)8(11)3/h5,13,15H,1-4H3,(H,17,18). The first kappa shape index (κ1) is 15.1. The number of nitrogens with one attached hydrogen (secondary N) is 2. The van der Waals surface area contributed by atoms with Crippen molar-refractivity contribution in [2.24, 2.45) is 7.05 Å². The van der Waals surface area contributed by atoms with E-state index in [0.717, 1.165) is 0 Å². The monoisotopic (exact) mass is 312 g/mol. The van der Waals surface area contributed by atoms with Crippen molar-refractivity contribution in [2.45, 2.75) is 25.7 Å². The molecule has 0 atom stereocenters. The van der Waals surface area contributed by atoms with E-state index in [1.165, 1.54) is 10.7 Å². The third-order valence-corrected chi connectivity index (χ3v) is 4.74. The van der Waals surface area contributed by atoms with Gasteiger partial charge in [-0.25, -0.2) is 13.2 Å². The molecule has 0 saturated carbocycles. The number of rotatable bonds is 4. The van der Waals surface area contributed by atoms with Crippen LogP contribution in [0, 0.1) is 20.8 Å². The average molecular weight is 312 g/mol. The highest BCUT2D eigenvalue weighted by atomic mass is 32.2. The first-order chi connectivity index (χ1) is 9.63. The first-order valence-corrected chi connectivity index (χ1v) is 7.57. The second-order valence-electron chi connectivity index (χ2n) is 4.78. The predicted octanol–water partition coefficient (Wildman–Crippen LogP) is 1.17. The van der Waals surface area contributed by atoms with Gasteiger partial charge in [0, 0.05) is 12.7 Å². The summed E-state index contributed by atoms with van der Waals surface area (Å²) in [6.45, 7) is 4.86. The molecule has 0 unspecified atom stereocenters. The largest absolute Gasteiger partial charge is 0.477 e. The van der Waals surface area contributed by atoms with Gasteiger partial charge in [-0.2, -0.15) is 5.10 Å². The summed E-state index contributed by atoms with van der Waals surface area (Å²) < 4.78 is 28.7. The molecule has 0 fully saturated rings. The molecule has 0 radical (unpaired) electrons. The number of H-pyrrole nitrogens is 1. The van der Waals surface area contributed by atoms with Crippen LogP contribution in [0.3, 0.4) is 0 Å². The molecule has 2 aromatic rings. The maximum absolute atomic E-state index is 12.5. The minimum absolute atomic E-state index is 0.00246. The minimum atomic E-state index is -3.91. The number of hydrogen-bond donors (Lipinski definition) is 3. The van der Waals surface area contributed by atoms with E-state index in [4.69, 9.17) is 5.11 Å². The van der Waals surface area contributed by atoms with E-state index in [9.17, 15) is 13.2 Å². The van der Waals surface area contributed by atoms with Crippen LogP contribution in [-0.4, -0.2) is 34.3 Å². The van der Waals surface area contributed by atoms with Crippen molar-refractivity contribution >= 4 is 21.7 Å². The Morgan fingerprint density at radius 3 is 2.48 bits per heavy atom. The summed E-state index contributed by atoms with van der Waals surface area (Å²) in [4.78, 5) is 13.8.